The van der Waals surface area contributed by atoms with Gasteiger partial charge in [0.05, 0.1) is 12.1 Å². The molecule has 1 amide bonds. The van der Waals surface area contributed by atoms with E-state index in [0.717, 1.165) is 5.75 Å². The number of hydrogen-bond donors (Lipinski definition) is 2. The molecule has 0 spiro atoms. The van der Waals surface area contributed by atoms with E-state index in [4.69, 9.17) is 15.2 Å². The number of nitrogens with one attached hydrogen (secondary N) is 1. The van der Waals surface area contributed by atoms with E-state index in [0.29, 0.717) is 18.7 Å². The molecule has 1 atom stereocenters. The fraction of sp³-hybridized carbons (Fsp3) is 0.500. The van der Waals surface area contributed by atoms with Crippen LogP contribution in [0, 0.1) is 0 Å². The summed E-state index contributed by atoms with van der Waals surface area (Å²) in [5.41, 5.74) is 6.43. The lowest BCUT2D eigenvalue weighted by molar-refractivity contribution is -0.117. The Balaban J connectivity index is 2.50. The highest BCUT2D eigenvalue weighted by atomic mass is 16.5. The van der Waals surface area contributed by atoms with Crippen LogP contribution in [0.1, 0.15) is 20.3 Å². The van der Waals surface area contributed by atoms with E-state index >= 15 is 0 Å². The van der Waals surface area contributed by atoms with E-state index in [1.807, 2.05) is 26.0 Å². The van der Waals surface area contributed by atoms with Crippen molar-refractivity contribution in [3.63, 3.8) is 0 Å². The maximum atomic E-state index is 11.8. The monoisotopic (exact) mass is 266 g/mol. The van der Waals surface area contributed by atoms with Crippen molar-refractivity contribution < 1.29 is 14.3 Å². The van der Waals surface area contributed by atoms with Crippen molar-refractivity contribution in [1.82, 2.24) is 0 Å². The van der Waals surface area contributed by atoms with E-state index in [1.165, 1.54) is 0 Å². The molecule has 106 valence electrons. The summed E-state index contributed by atoms with van der Waals surface area (Å²) in [6.07, 6.45) is 0.625. The largest absolute Gasteiger partial charge is 0.491 e. The fourth-order valence-electron chi connectivity index (χ4n) is 1.50. The molecule has 0 aliphatic carbocycles. The van der Waals surface area contributed by atoms with Crippen LogP contribution in [0.3, 0.4) is 0 Å². The van der Waals surface area contributed by atoms with Crippen LogP contribution in [0.15, 0.2) is 24.3 Å². The van der Waals surface area contributed by atoms with Crippen molar-refractivity contribution in [1.29, 1.82) is 0 Å². The highest BCUT2D eigenvalue weighted by Gasteiger charge is 2.13. The number of hydrogen-bond acceptors (Lipinski definition) is 4. The molecule has 0 saturated heterocycles. The zero-order valence-corrected chi connectivity index (χ0v) is 11.7. The van der Waals surface area contributed by atoms with Gasteiger partial charge in [-0.3, -0.25) is 4.79 Å². The predicted octanol–water partition coefficient (Wildman–Crippen LogP) is 1.78. The van der Waals surface area contributed by atoms with Crippen LogP contribution in [0.4, 0.5) is 5.69 Å². The van der Waals surface area contributed by atoms with Gasteiger partial charge in [0.15, 0.2) is 0 Å². The molecule has 19 heavy (non-hydrogen) atoms. The summed E-state index contributed by atoms with van der Waals surface area (Å²) in [4.78, 5) is 11.8. The number of carbonyl (C=O) groups excluding carboxylic acids is 1. The topological polar surface area (TPSA) is 73.6 Å². The molecular formula is C14H22N2O3. The smallest absolute Gasteiger partial charge is 0.241 e. The second kappa shape index (κ2) is 7.76. The van der Waals surface area contributed by atoms with Crippen LogP contribution in [-0.2, 0) is 9.53 Å². The molecule has 1 rings (SSSR count). The van der Waals surface area contributed by atoms with Crippen molar-refractivity contribution in [2.75, 3.05) is 19.0 Å². The van der Waals surface area contributed by atoms with Gasteiger partial charge in [-0.05, 0) is 44.5 Å². The summed E-state index contributed by atoms with van der Waals surface area (Å²) < 4.78 is 10.4. The molecule has 5 heteroatoms. The Hall–Kier alpha value is -1.59. The van der Waals surface area contributed by atoms with E-state index in [9.17, 15) is 4.79 Å². The van der Waals surface area contributed by atoms with Crippen LogP contribution in [0.5, 0.6) is 5.75 Å². The maximum absolute atomic E-state index is 11.8. The zero-order chi connectivity index (χ0) is 14.3. The lowest BCUT2D eigenvalue weighted by Crippen LogP contribution is -2.36. The van der Waals surface area contributed by atoms with Crippen LogP contribution in [0.25, 0.3) is 0 Å². The van der Waals surface area contributed by atoms with Crippen molar-refractivity contribution in [3.8, 4) is 5.75 Å². The first-order chi connectivity index (χ1) is 9.02. The summed E-state index contributed by atoms with van der Waals surface area (Å²) in [7, 11) is 1.58. The third-order valence-corrected chi connectivity index (χ3v) is 2.46. The van der Waals surface area contributed by atoms with Crippen molar-refractivity contribution in [3.05, 3.63) is 24.3 Å². The fourth-order valence-corrected chi connectivity index (χ4v) is 1.50. The molecule has 1 unspecified atom stereocenters. The van der Waals surface area contributed by atoms with Crippen molar-refractivity contribution in [2.24, 2.45) is 5.73 Å². The molecule has 0 heterocycles. The van der Waals surface area contributed by atoms with E-state index < -0.39 is 6.04 Å². The number of anilines is 1. The Labute approximate surface area is 114 Å². The van der Waals surface area contributed by atoms with Crippen molar-refractivity contribution in [2.45, 2.75) is 32.4 Å². The summed E-state index contributed by atoms with van der Waals surface area (Å²) in [5, 5.41) is 2.76. The molecule has 0 aliphatic rings. The second-order valence-electron chi connectivity index (χ2n) is 4.57. The van der Waals surface area contributed by atoms with E-state index in [1.54, 1.807) is 19.2 Å². The van der Waals surface area contributed by atoms with Crippen LogP contribution >= 0.6 is 0 Å². The van der Waals surface area contributed by atoms with Gasteiger partial charge in [-0.25, -0.2) is 0 Å². The number of amides is 1. The lowest BCUT2D eigenvalue weighted by Gasteiger charge is -2.13. The zero-order valence-electron chi connectivity index (χ0n) is 11.7. The maximum Gasteiger partial charge on any atom is 0.241 e. The highest BCUT2D eigenvalue weighted by molar-refractivity contribution is 5.94. The molecule has 0 aromatic heterocycles. The van der Waals surface area contributed by atoms with Crippen LogP contribution < -0.4 is 15.8 Å². The number of rotatable bonds is 7. The first-order valence-corrected chi connectivity index (χ1v) is 6.35. The number of carbonyl (C=O) groups is 1. The third-order valence-electron chi connectivity index (χ3n) is 2.46. The molecule has 0 bridgehead atoms. The lowest BCUT2D eigenvalue weighted by atomic mass is 10.2. The molecular weight excluding hydrogens is 244 g/mol. The van der Waals surface area contributed by atoms with Gasteiger partial charge in [0, 0.05) is 19.4 Å². The Kier molecular flexibility index (Phi) is 6.32. The first kappa shape index (κ1) is 15.5. The molecule has 0 fully saturated rings. The van der Waals surface area contributed by atoms with Gasteiger partial charge in [-0.15, -0.1) is 0 Å². The van der Waals surface area contributed by atoms with Gasteiger partial charge in [0.1, 0.15) is 5.75 Å². The van der Waals surface area contributed by atoms with Gasteiger partial charge >= 0.3 is 0 Å². The SMILES string of the molecule is COCCC(N)C(=O)Nc1ccc(OC(C)C)cc1. The van der Waals surface area contributed by atoms with Gasteiger partial charge in [0.2, 0.25) is 5.91 Å². The summed E-state index contributed by atoms with van der Waals surface area (Å²) in [6.45, 7) is 4.39. The summed E-state index contributed by atoms with van der Waals surface area (Å²) >= 11 is 0. The predicted molar refractivity (Wildman–Crippen MR) is 75.3 cm³/mol. The average Bonchev–Trinajstić information content (AvgIpc) is 2.37. The van der Waals surface area contributed by atoms with Crippen LogP contribution in [-0.4, -0.2) is 31.8 Å². The quantitative estimate of drug-likeness (QED) is 0.789. The first-order valence-electron chi connectivity index (χ1n) is 6.35. The summed E-state index contributed by atoms with van der Waals surface area (Å²) in [5.74, 6) is 0.561. The van der Waals surface area contributed by atoms with Gasteiger partial charge in [-0.2, -0.15) is 0 Å². The minimum absolute atomic E-state index is 0.128. The Morgan fingerprint density at radius 2 is 1.95 bits per heavy atom. The van der Waals surface area contributed by atoms with Gasteiger partial charge < -0.3 is 20.5 Å². The average molecular weight is 266 g/mol. The minimum atomic E-state index is -0.563. The number of nitrogens with two attached hydrogens (primary N) is 1. The molecule has 3 N–H and O–H groups in total. The molecule has 1 aromatic rings. The van der Waals surface area contributed by atoms with E-state index in [-0.39, 0.29) is 12.0 Å². The molecule has 0 aliphatic heterocycles. The van der Waals surface area contributed by atoms with Gasteiger partial charge in [0.25, 0.3) is 0 Å². The Morgan fingerprint density at radius 1 is 1.32 bits per heavy atom. The standard InChI is InChI=1S/C14H22N2O3/c1-10(2)19-12-6-4-11(5-7-12)16-14(17)13(15)8-9-18-3/h4-7,10,13H,8-9,15H2,1-3H3,(H,16,17). The highest BCUT2D eigenvalue weighted by Crippen LogP contribution is 2.17. The van der Waals surface area contributed by atoms with Gasteiger partial charge in [-0.1, -0.05) is 0 Å². The van der Waals surface area contributed by atoms with Crippen LogP contribution in [0.2, 0.25) is 0 Å². The van der Waals surface area contributed by atoms with E-state index in [2.05, 4.69) is 5.32 Å². The summed E-state index contributed by atoms with van der Waals surface area (Å²) in [6, 6.07) is 6.65. The number of ether oxygens (including phenoxy) is 2. The number of benzene rings is 1. The molecule has 0 saturated carbocycles. The molecule has 1 aromatic carbocycles. The molecule has 5 nitrogen and oxygen atoms in total. The normalized spacial score (nSPS) is 12.3. The second-order valence-corrected chi connectivity index (χ2v) is 4.57. The minimum Gasteiger partial charge on any atom is -0.491 e. The van der Waals surface area contributed by atoms with Crippen molar-refractivity contribution >= 4 is 11.6 Å². The Bertz CT molecular complexity index is 390. The third kappa shape index (κ3) is 5.72. The molecule has 0 radical (unpaired) electrons. The Morgan fingerprint density at radius 3 is 2.47 bits per heavy atom. The number of methoxy groups -OCH3 is 1.